The molecule has 0 aliphatic heterocycles. The van der Waals surface area contributed by atoms with Crippen LogP contribution in [0, 0.1) is 6.92 Å². The molecule has 104 valence electrons. The van der Waals surface area contributed by atoms with E-state index in [0.717, 1.165) is 5.69 Å². The van der Waals surface area contributed by atoms with E-state index in [9.17, 15) is 9.59 Å². The van der Waals surface area contributed by atoms with Crippen molar-refractivity contribution in [1.29, 1.82) is 0 Å². The molecule has 1 unspecified atom stereocenters. The Hall–Kier alpha value is -2.11. The van der Waals surface area contributed by atoms with E-state index < -0.39 is 5.97 Å². The maximum absolute atomic E-state index is 12.0. The van der Waals surface area contributed by atoms with Crippen LogP contribution in [0.1, 0.15) is 26.0 Å². The predicted octanol–water partition coefficient (Wildman–Crippen LogP) is 2.11. The van der Waals surface area contributed by atoms with Gasteiger partial charge in [0.25, 0.3) is 0 Å². The minimum atomic E-state index is -0.921. The van der Waals surface area contributed by atoms with E-state index in [1.54, 1.807) is 25.3 Å². The summed E-state index contributed by atoms with van der Waals surface area (Å²) in [5.41, 5.74) is 1.46. The number of aliphatic carboxylic acids is 1. The zero-order valence-electron chi connectivity index (χ0n) is 11.4. The largest absolute Gasteiger partial charge is 0.481 e. The summed E-state index contributed by atoms with van der Waals surface area (Å²) in [6.07, 6.45) is 1.50. The molecule has 0 saturated carbocycles. The maximum atomic E-state index is 12.0. The molecule has 1 atom stereocenters. The molecule has 0 fully saturated rings. The number of carbonyl (C=O) groups is 2. The second-order valence-electron chi connectivity index (χ2n) is 4.35. The lowest BCUT2D eigenvalue weighted by Gasteiger charge is -2.27. The van der Waals surface area contributed by atoms with Gasteiger partial charge in [0, 0.05) is 18.3 Å². The minimum Gasteiger partial charge on any atom is -0.481 e. The third-order valence-corrected chi connectivity index (χ3v) is 2.77. The fourth-order valence-corrected chi connectivity index (χ4v) is 1.76. The van der Waals surface area contributed by atoms with Crippen LogP contribution in [-0.2, 0) is 4.79 Å². The van der Waals surface area contributed by atoms with Gasteiger partial charge in [0.1, 0.15) is 0 Å². The highest BCUT2D eigenvalue weighted by Crippen LogP contribution is 2.10. The summed E-state index contributed by atoms with van der Waals surface area (Å²) in [5.74, 6) is -0.921. The van der Waals surface area contributed by atoms with Crippen molar-refractivity contribution in [2.45, 2.75) is 33.2 Å². The number of carboxylic acids is 1. The quantitative estimate of drug-likeness (QED) is 0.854. The van der Waals surface area contributed by atoms with E-state index in [-0.39, 0.29) is 18.5 Å². The van der Waals surface area contributed by atoms with Gasteiger partial charge in [-0.15, -0.1) is 0 Å². The molecule has 1 heterocycles. The highest BCUT2D eigenvalue weighted by atomic mass is 16.4. The summed E-state index contributed by atoms with van der Waals surface area (Å²) >= 11 is 0. The number of hydrogen-bond acceptors (Lipinski definition) is 3. The number of aryl methyl sites for hydroxylation is 1. The number of pyridine rings is 1. The zero-order valence-corrected chi connectivity index (χ0v) is 11.4. The van der Waals surface area contributed by atoms with Crippen molar-refractivity contribution < 1.29 is 14.7 Å². The molecule has 0 aliphatic carbocycles. The van der Waals surface area contributed by atoms with Crippen molar-refractivity contribution in [2.75, 3.05) is 11.9 Å². The lowest BCUT2D eigenvalue weighted by molar-refractivity contribution is -0.137. The Kier molecular flexibility index (Phi) is 5.29. The van der Waals surface area contributed by atoms with Crippen molar-refractivity contribution in [1.82, 2.24) is 9.88 Å². The molecule has 0 aliphatic rings. The van der Waals surface area contributed by atoms with Crippen molar-refractivity contribution in [2.24, 2.45) is 0 Å². The van der Waals surface area contributed by atoms with Gasteiger partial charge in [-0.25, -0.2) is 4.79 Å². The fraction of sp³-hybridized carbons (Fsp3) is 0.462. The van der Waals surface area contributed by atoms with Crippen LogP contribution in [0.15, 0.2) is 18.3 Å². The molecule has 1 aromatic rings. The van der Waals surface area contributed by atoms with Crippen molar-refractivity contribution in [3.8, 4) is 0 Å². The van der Waals surface area contributed by atoms with Gasteiger partial charge in [0.2, 0.25) is 0 Å². The van der Waals surface area contributed by atoms with Crippen LogP contribution in [0.3, 0.4) is 0 Å². The molecule has 0 bridgehead atoms. The minimum absolute atomic E-state index is 0.0760. The molecule has 1 rings (SSSR count). The van der Waals surface area contributed by atoms with Crippen molar-refractivity contribution in [3.63, 3.8) is 0 Å². The molecule has 0 aromatic carbocycles. The Bertz CT molecular complexity index is 445. The fourth-order valence-electron chi connectivity index (χ4n) is 1.76. The van der Waals surface area contributed by atoms with Gasteiger partial charge in [-0.05, 0) is 32.9 Å². The number of nitrogens with one attached hydrogen (secondary N) is 1. The van der Waals surface area contributed by atoms with Gasteiger partial charge in [0.15, 0.2) is 0 Å². The van der Waals surface area contributed by atoms with Crippen LogP contribution in [0.25, 0.3) is 0 Å². The topological polar surface area (TPSA) is 82.5 Å². The summed E-state index contributed by atoms with van der Waals surface area (Å²) in [4.78, 5) is 28.3. The second-order valence-corrected chi connectivity index (χ2v) is 4.35. The molecule has 0 saturated heterocycles. The third kappa shape index (κ3) is 4.57. The molecule has 6 heteroatoms. The molecule has 0 radical (unpaired) electrons. The average Bonchev–Trinajstić information content (AvgIpc) is 2.32. The molecular weight excluding hydrogens is 246 g/mol. The Morgan fingerprint density at radius 1 is 1.47 bits per heavy atom. The first-order valence-electron chi connectivity index (χ1n) is 6.16. The van der Waals surface area contributed by atoms with Crippen LogP contribution >= 0.6 is 0 Å². The van der Waals surface area contributed by atoms with Crippen LogP contribution in [0.2, 0.25) is 0 Å². The number of amides is 2. The number of urea groups is 1. The van der Waals surface area contributed by atoms with Gasteiger partial charge in [-0.3, -0.25) is 9.78 Å². The van der Waals surface area contributed by atoms with Crippen molar-refractivity contribution in [3.05, 3.63) is 24.0 Å². The smallest absolute Gasteiger partial charge is 0.322 e. The van der Waals surface area contributed by atoms with Gasteiger partial charge >= 0.3 is 12.0 Å². The lowest BCUT2D eigenvalue weighted by atomic mass is 10.2. The zero-order chi connectivity index (χ0) is 14.4. The van der Waals surface area contributed by atoms with Gasteiger partial charge in [0.05, 0.1) is 18.3 Å². The normalized spacial score (nSPS) is 11.7. The van der Waals surface area contributed by atoms with E-state index >= 15 is 0 Å². The number of hydrogen-bond donors (Lipinski definition) is 2. The van der Waals surface area contributed by atoms with E-state index in [4.69, 9.17) is 5.11 Å². The first-order valence-corrected chi connectivity index (χ1v) is 6.16. The monoisotopic (exact) mass is 265 g/mol. The first kappa shape index (κ1) is 14.9. The van der Waals surface area contributed by atoms with Crippen LogP contribution < -0.4 is 5.32 Å². The van der Waals surface area contributed by atoms with Crippen LogP contribution in [-0.4, -0.2) is 39.6 Å². The Morgan fingerprint density at radius 3 is 2.63 bits per heavy atom. The molecule has 0 spiro atoms. The predicted molar refractivity (Wildman–Crippen MR) is 72.1 cm³/mol. The standard InChI is InChI=1S/C13H19N3O3/c1-4-16(10(3)7-12(17)18)13(19)15-11-6-5-9(2)14-8-11/h5-6,8,10H,4,7H2,1-3H3,(H,15,19)(H,17,18). The number of rotatable bonds is 5. The van der Waals surface area contributed by atoms with E-state index in [0.29, 0.717) is 12.2 Å². The first-order chi connectivity index (χ1) is 8.93. The Labute approximate surface area is 112 Å². The number of carbonyl (C=O) groups excluding carboxylic acids is 1. The van der Waals surface area contributed by atoms with Gasteiger partial charge in [-0.2, -0.15) is 0 Å². The van der Waals surface area contributed by atoms with Crippen molar-refractivity contribution >= 4 is 17.7 Å². The Morgan fingerprint density at radius 2 is 2.16 bits per heavy atom. The van der Waals surface area contributed by atoms with Gasteiger partial charge < -0.3 is 15.3 Å². The molecule has 6 nitrogen and oxygen atoms in total. The van der Waals surface area contributed by atoms with Crippen LogP contribution in [0.4, 0.5) is 10.5 Å². The summed E-state index contributed by atoms with van der Waals surface area (Å²) in [5, 5.41) is 11.5. The van der Waals surface area contributed by atoms with Gasteiger partial charge in [-0.1, -0.05) is 0 Å². The number of nitrogens with zero attached hydrogens (tertiary/aromatic N) is 2. The van der Waals surface area contributed by atoms with E-state index in [2.05, 4.69) is 10.3 Å². The number of carboxylic acid groups (broad SMARTS) is 1. The molecular formula is C13H19N3O3. The lowest BCUT2D eigenvalue weighted by Crippen LogP contribution is -2.42. The molecule has 1 aromatic heterocycles. The summed E-state index contributed by atoms with van der Waals surface area (Å²) < 4.78 is 0. The second kappa shape index (κ2) is 6.72. The molecule has 2 amide bonds. The average molecular weight is 265 g/mol. The third-order valence-electron chi connectivity index (χ3n) is 2.77. The molecule has 19 heavy (non-hydrogen) atoms. The summed E-state index contributed by atoms with van der Waals surface area (Å²) in [7, 11) is 0. The van der Waals surface area contributed by atoms with Crippen LogP contribution in [0.5, 0.6) is 0 Å². The summed E-state index contributed by atoms with van der Waals surface area (Å²) in [6.45, 7) is 5.83. The van der Waals surface area contributed by atoms with E-state index in [1.807, 2.05) is 13.8 Å². The Balaban J connectivity index is 2.68. The van der Waals surface area contributed by atoms with E-state index in [1.165, 1.54) is 4.90 Å². The maximum Gasteiger partial charge on any atom is 0.322 e. The highest BCUT2D eigenvalue weighted by molar-refractivity contribution is 5.89. The SMILES string of the molecule is CCN(C(=O)Nc1ccc(C)nc1)C(C)CC(=O)O. The highest BCUT2D eigenvalue weighted by Gasteiger charge is 2.20. The summed E-state index contributed by atoms with van der Waals surface area (Å²) in [6, 6.07) is 2.88. The number of aromatic nitrogens is 1. The molecule has 2 N–H and O–H groups in total. The number of anilines is 1.